The zero-order valence-electron chi connectivity index (χ0n) is 12.9. The van der Waals surface area contributed by atoms with E-state index in [2.05, 4.69) is 5.32 Å². The van der Waals surface area contributed by atoms with E-state index < -0.39 is 36.3 Å². The zero-order chi connectivity index (χ0) is 17.7. The van der Waals surface area contributed by atoms with Crippen LogP contribution in [0.25, 0.3) is 10.8 Å². The lowest BCUT2D eigenvalue weighted by atomic mass is 9.98. The van der Waals surface area contributed by atoms with Gasteiger partial charge in [0.05, 0.1) is 12.5 Å². The number of primary amides is 1. The van der Waals surface area contributed by atoms with Crippen molar-refractivity contribution in [3.8, 4) is 0 Å². The third kappa shape index (κ3) is 4.30. The molecule has 6 N–H and O–H groups in total. The van der Waals surface area contributed by atoms with Crippen LogP contribution in [0.15, 0.2) is 42.5 Å². The lowest BCUT2D eigenvalue weighted by Crippen LogP contribution is -2.51. The molecule has 2 aromatic rings. The van der Waals surface area contributed by atoms with Gasteiger partial charge in [0.25, 0.3) is 0 Å². The number of benzene rings is 2. The molecule has 126 valence electrons. The highest BCUT2D eigenvalue weighted by Gasteiger charge is 2.24. The zero-order valence-corrected chi connectivity index (χ0v) is 12.9. The summed E-state index contributed by atoms with van der Waals surface area (Å²) in [6.07, 6.45) is -0.326. The number of hydrogen-bond acceptors (Lipinski definition) is 4. The lowest BCUT2D eigenvalue weighted by Gasteiger charge is -2.18. The topological polar surface area (TPSA) is 136 Å². The van der Waals surface area contributed by atoms with E-state index in [1.165, 1.54) is 0 Å². The van der Waals surface area contributed by atoms with Gasteiger partial charge in [-0.1, -0.05) is 42.5 Å². The summed E-state index contributed by atoms with van der Waals surface area (Å²) in [5, 5.41) is 13.1. The van der Waals surface area contributed by atoms with Gasteiger partial charge in [-0.25, -0.2) is 0 Å². The average Bonchev–Trinajstić information content (AvgIpc) is 2.53. The summed E-state index contributed by atoms with van der Waals surface area (Å²) in [5.74, 6) is -2.62. The Hall–Kier alpha value is -2.93. The van der Waals surface area contributed by atoms with Gasteiger partial charge in [0.15, 0.2) is 0 Å². The second-order valence-corrected chi connectivity index (χ2v) is 5.51. The molecular weight excluding hydrogens is 310 g/mol. The van der Waals surface area contributed by atoms with Crippen molar-refractivity contribution >= 4 is 28.6 Å². The van der Waals surface area contributed by atoms with Crippen LogP contribution in [-0.2, 0) is 20.8 Å². The predicted molar refractivity (Wildman–Crippen MR) is 89.0 cm³/mol. The van der Waals surface area contributed by atoms with Gasteiger partial charge in [-0.2, -0.15) is 0 Å². The molecule has 2 aromatic carbocycles. The summed E-state index contributed by atoms with van der Waals surface area (Å²) in [6, 6.07) is 11.1. The van der Waals surface area contributed by atoms with Crippen molar-refractivity contribution in [2.45, 2.75) is 24.9 Å². The van der Waals surface area contributed by atoms with Crippen molar-refractivity contribution in [3.05, 3.63) is 48.0 Å². The third-order valence-corrected chi connectivity index (χ3v) is 3.70. The van der Waals surface area contributed by atoms with E-state index in [-0.39, 0.29) is 6.42 Å². The first-order valence-electron chi connectivity index (χ1n) is 7.42. The van der Waals surface area contributed by atoms with Gasteiger partial charge in [0.1, 0.15) is 6.04 Å². The maximum absolute atomic E-state index is 11.9. The summed E-state index contributed by atoms with van der Waals surface area (Å²) >= 11 is 0. The van der Waals surface area contributed by atoms with Gasteiger partial charge in [0, 0.05) is 6.42 Å². The van der Waals surface area contributed by atoms with Crippen LogP contribution < -0.4 is 16.8 Å². The summed E-state index contributed by atoms with van der Waals surface area (Å²) in [7, 11) is 0. The molecule has 2 rings (SSSR count). The van der Waals surface area contributed by atoms with E-state index in [1.807, 2.05) is 42.5 Å². The highest BCUT2D eigenvalue weighted by Crippen LogP contribution is 2.19. The highest BCUT2D eigenvalue weighted by atomic mass is 16.4. The smallest absolute Gasteiger partial charge is 0.305 e. The second-order valence-electron chi connectivity index (χ2n) is 5.51. The van der Waals surface area contributed by atoms with Crippen molar-refractivity contribution in [1.82, 2.24) is 5.32 Å². The van der Waals surface area contributed by atoms with Crippen molar-refractivity contribution < 1.29 is 19.5 Å². The van der Waals surface area contributed by atoms with E-state index in [1.54, 1.807) is 0 Å². The molecule has 2 atom stereocenters. The molecule has 0 aliphatic rings. The molecule has 7 nitrogen and oxygen atoms in total. The van der Waals surface area contributed by atoms with E-state index in [0.717, 1.165) is 16.3 Å². The molecule has 0 aliphatic carbocycles. The van der Waals surface area contributed by atoms with Crippen molar-refractivity contribution in [3.63, 3.8) is 0 Å². The SMILES string of the molecule is NC(=O)[C@H](Cc1cccc2ccccc12)NC(=O)[C@@H](N)CC(=O)O. The van der Waals surface area contributed by atoms with Crippen LogP contribution >= 0.6 is 0 Å². The first kappa shape index (κ1) is 17.4. The number of carbonyl (C=O) groups excluding carboxylic acids is 2. The lowest BCUT2D eigenvalue weighted by molar-refractivity contribution is -0.139. The second kappa shape index (κ2) is 7.56. The fraction of sp³-hybridized carbons (Fsp3) is 0.235. The van der Waals surface area contributed by atoms with Crippen LogP contribution in [0.5, 0.6) is 0 Å². The largest absolute Gasteiger partial charge is 0.481 e. The highest BCUT2D eigenvalue weighted by molar-refractivity contribution is 5.92. The first-order valence-corrected chi connectivity index (χ1v) is 7.42. The summed E-state index contributed by atoms with van der Waals surface area (Å²) in [6.45, 7) is 0. The van der Waals surface area contributed by atoms with E-state index >= 15 is 0 Å². The predicted octanol–water partition coefficient (Wildman–Crippen LogP) is 0.154. The van der Waals surface area contributed by atoms with Gasteiger partial charge in [-0.3, -0.25) is 14.4 Å². The molecule has 0 aliphatic heterocycles. The van der Waals surface area contributed by atoms with Gasteiger partial charge in [-0.05, 0) is 16.3 Å². The number of carboxylic acids is 1. The molecule has 0 unspecified atom stereocenters. The number of aliphatic carboxylic acids is 1. The number of nitrogens with one attached hydrogen (secondary N) is 1. The van der Waals surface area contributed by atoms with Gasteiger partial charge >= 0.3 is 5.97 Å². The number of hydrogen-bond donors (Lipinski definition) is 4. The first-order chi connectivity index (χ1) is 11.4. The maximum Gasteiger partial charge on any atom is 0.305 e. The summed E-state index contributed by atoms with van der Waals surface area (Å²) in [5.41, 5.74) is 11.7. The Morgan fingerprint density at radius 1 is 1.08 bits per heavy atom. The quantitative estimate of drug-likeness (QED) is 0.573. The fourth-order valence-electron chi connectivity index (χ4n) is 2.47. The van der Waals surface area contributed by atoms with E-state index in [4.69, 9.17) is 16.6 Å². The number of fused-ring (bicyclic) bond motifs is 1. The Bertz CT molecular complexity index is 770. The molecule has 0 spiro atoms. The van der Waals surface area contributed by atoms with Crippen LogP contribution in [0.1, 0.15) is 12.0 Å². The Morgan fingerprint density at radius 2 is 1.75 bits per heavy atom. The molecule has 0 bridgehead atoms. The molecular formula is C17H19N3O4. The molecule has 0 aromatic heterocycles. The normalized spacial score (nSPS) is 13.2. The van der Waals surface area contributed by atoms with Crippen LogP contribution in [0, 0.1) is 0 Å². The fourth-order valence-corrected chi connectivity index (χ4v) is 2.47. The van der Waals surface area contributed by atoms with Crippen LogP contribution in [-0.4, -0.2) is 35.0 Å². The van der Waals surface area contributed by atoms with Gasteiger partial charge in [0.2, 0.25) is 11.8 Å². The standard InChI is InChI=1S/C17H19N3O4/c18-13(9-15(21)22)17(24)20-14(16(19)23)8-11-6-3-5-10-4-1-2-7-12(10)11/h1-7,13-14H,8-9,18H2,(H2,19,23)(H,20,24)(H,21,22)/t13-,14-/m0/s1. The number of nitrogens with two attached hydrogens (primary N) is 2. The minimum absolute atomic E-state index is 0.197. The Balaban J connectivity index is 2.18. The van der Waals surface area contributed by atoms with E-state index in [0.29, 0.717) is 0 Å². The van der Waals surface area contributed by atoms with Crippen molar-refractivity contribution in [2.75, 3.05) is 0 Å². The molecule has 0 saturated carbocycles. The van der Waals surface area contributed by atoms with Crippen molar-refractivity contribution in [1.29, 1.82) is 0 Å². The number of rotatable bonds is 7. The van der Waals surface area contributed by atoms with Crippen LogP contribution in [0.4, 0.5) is 0 Å². The minimum Gasteiger partial charge on any atom is -0.481 e. The average molecular weight is 329 g/mol. The molecule has 0 saturated heterocycles. The molecule has 0 heterocycles. The molecule has 2 amide bonds. The number of carboxylic acid groups (broad SMARTS) is 1. The molecule has 7 heteroatoms. The number of carbonyl (C=O) groups is 3. The van der Waals surface area contributed by atoms with Gasteiger partial charge < -0.3 is 21.9 Å². The van der Waals surface area contributed by atoms with Crippen LogP contribution in [0.2, 0.25) is 0 Å². The summed E-state index contributed by atoms with van der Waals surface area (Å²) < 4.78 is 0. The monoisotopic (exact) mass is 329 g/mol. The molecule has 0 radical (unpaired) electrons. The Labute approximate surface area is 138 Å². The molecule has 0 fully saturated rings. The van der Waals surface area contributed by atoms with Gasteiger partial charge in [-0.15, -0.1) is 0 Å². The van der Waals surface area contributed by atoms with Crippen molar-refractivity contribution in [2.24, 2.45) is 11.5 Å². The Kier molecular flexibility index (Phi) is 5.49. The molecule has 24 heavy (non-hydrogen) atoms. The van der Waals surface area contributed by atoms with E-state index in [9.17, 15) is 14.4 Å². The third-order valence-electron chi connectivity index (χ3n) is 3.70. The number of amides is 2. The van der Waals surface area contributed by atoms with Crippen LogP contribution in [0.3, 0.4) is 0 Å². The summed E-state index contributed by atoms with van der Waals surface area (Å²) in [4.78, 5) is 34.2. The minimum atomic E-state index is -1.24. The maximum atomic E-state index is 11.9. The Morgan fingerprint density at radius 3 is 2.42 bits per heavy atom.